The monoisotopic (exact) mass is 257 g/mol. The van der Waals surface area contributed by atoms with Crippen molar-refractivity contribution in [2.75, 3.05) is 0 Å². The van der Waals surface area contributed by atoms with Crippen molar-refractivity contribution >= 4 is 11.6 Å². The van der Waals surface area contributed by atoms with Crippen LogP contribution in [0.4, 0.5) is 8.78 Å². The molecule has 17 heavy (non-hydrogen) atoms. The van der Waals surface area contributed by atoms with Crippen LogP contribution in [0.2, 0.25) is 5.15 Å². The van der Waals surface area contributed by atoms with E-state index >= 15 is 0 Å². The summed E-state index contributed by atoms with van der Waals surface area (Å²) in [4.78, 5) is 4.19. The topological polar surface area (TPSA) is 43.8 Å². The molecule has 0 fully saturated rings. The highest BCUT2D eigenvalue weighted by Crippen LogP contribution is 2.28. The normalized spacial score (nSPS) is 10.9. The second-order valence-corrected chi connectivity index (χ2v) is 3.92. The first-order valence-electron chi connectivity index (χ1n) is 4.91. The van der Waals surface area contributed by atoms with Crippen LogP contribution in [0.15, 0.2) is 18.2 Å². The van der Waals surface area contributed by atoms with Crippen molar-refractivity contribution in [1.82, 2.24) is 9.55 Å². The highest BCUT2D eigenvalue weighted by molar-refractivity contribution is 6.32. The summed E-state index contributed by atoms with van der Waals surface area (Å²) in [5.74, 6) is -1.26. The van der Waals surface area contributed by atoms with Crippen molar-refractivity contribution in [3.8, 4) is 11.3 Å². The standard InChI is InChI=1S/C11H10ClF2N3/c1-17-9(5-15)16-10(11(17)12)6-2-3-7(13)8(14)4-6/h2-4H,5,15H2,1H3. The van der Waals surface area contributed by atoms with Crippen LogP contribution in [0.3, 0.4) is 0 Å². The van der Waals surface area contributed by atoms with Crippen LogP contribution in [0.5, 0.6) is 0 Å². The highest BCUT2D eigenvalue weighted by Gasteiger charge is 2.15. The zero-order chi connectivity index (χ0) is 12.6. The van der Waals surface area contributed by atoms with Gasteiger partial charge in [-0.2, -0.15) is 0 Å². The lowest BCUT2D eigenvalue weighted by Gasteiger charge is -2.00. The summed E-state index contributed by atoms with van der Waals surface area (Å²) in [6.07, 6.45) is 0. The number of hydrogen-bond acceptors (Lipinski definition) is 2. The molecule has 0 radical (unpaired) electrons. The smallest absolute Gasteiger partial charge is 0.159 e. The first-order valence-corrected chi connectivity index (χ1v) is 5.29. The summed E-state index contributed by atoms with van der Waals surface area (Å²) in [5.41, 5.74) is 6.31. The highest BCUT2D eigenvalue weighted by atomic mass is 35.5. The molecule has 2 aromatic rings. The Kier molecular flexibility index (Phi) is 3.13. The Labute approximate surface area is 102 Å². The number of aromatic nitrogens is 2. The lowest BCUT2D eigenvalue weighted by molar-refractivity contribution is 0.509. The largest absolute Gasteiger partial charge is 0.324 e. The van der Waals surface area contributed by atoms with E-state index in [9.17, 15) is 8.78 Å². The number of hydrogen-bond donors (Lipinski definition) is 1. The molecule has 0 unspecified atom stereocenters. The van der Waals surface area contributed by atoms with Crippen LogP contribution in [0.1, 0.15) is 5.82 Å². The SMILES string of the molecule is Cn1c(CN)nc(-c2ccc(F)c(F)c2)c1Cl. The van der Waals surface area contributed by atoms with Crippen LogP contribution in [-0.4, -0.2) is 9.55 Å². The molecule has 2 N–H and O–H groups in total. The molecule has 1 aromatic heterocycles. The summed E-state index contributed by atoms with van der Waals surface area (Å²) in [6.45, 7) is 0.222. The van der Waals surface area contributed by atoms with Crippen molar-refractivity contribution in [2.24, 2.45) is 12.8 Å². The van der Waals surface area contributed by atoms with Crippen molar-refractivity contribution in [3.63, 3.8) is 0 Å². The molecule has 1 heterocycles. The van der Waals surface area contributed by atoms with E-state index in [-0.39, 0.29) is 6.54 Å². The summed E-state index contributed by atoms with van der Waals surface area (Å²) in [6, 6.07) is 3.52. The molecule has 0 aliphatic heterocycles. The zero-order valence-corrected chi connectivity index (χ0v) is 9.80. The van der Waals surface area contributed by atoms with Crippen LogP contribution in [-0.2, 0) is 13.6 Å². The van der Waals surface area contributed by atoms with Crippen molar-refractivity contribution < 1.29 is 8.78 Å². The zero-order valence-electron chi connectivity index (χ0n) is 9.04. The van der Waals surface area contributed by atoms with E-state index < -0.39 is 11.6 Å². The second kappa shape index (κ2) is 4.43. The van der Waals surface area contributed by atoms with Gasteiger partial charge in [-0.15, -0.1) is 0 Å². The Morgan fingerprint density at radius 1 is 1.35 bits per heavy atom. The van der Waals surface area contributed by atoms with E-state index in [4.69, 9.17) is 17.3 Å². The van der Waals surface area contributed by atoms with Gasteiger partial charge in [0, 0.05) is 12.6 Å². The van der Waals surface area contributed by atoms with E-state index in [0.717, 1.165) is 12.1 Å². The molecule has 0 amide bonds. The number of nitrogens with two attached hydrogens (primary N) is 1. The Balaban J connectivity index is 2.56. The fourth-order valence-corrected chi connectivity index (χ4v) is 1.78. The van der Waals surface area contributed by atoms with Gasteiger partial charge in [0.2, 0.25) is 0 Å². The van der Waals surface area contributed by atoms with Gasteiger partial charge >= 0.3 is 0 Å². The van der Waals surface area contributed by atoms with E-state index in [2.05, 4.69) is 4.98 Å². The number of rotatable bonds is 2. The number of nitrogens with zero attached hydrogens (tertiary/aromatic N) is 2. The van der Waals surface area contributed by atoms with E-state index in [1.54, 1.807) is 11.6 Å². The fourth-order valence-electron chi connectivity index (χ4n) is 1.53. The third-order valence-electron chi connectivity index (χ3n) is 2.49. The van der Waals surface area contributed by atoms with Gasteiger partial charge < -0.3 is 10.3 Å². The maximum absolute atomic E-state index is 13.1. The molecule has 1 aromatic carbocycles. The molecule has 0 spiro atoms. The van der Waals surface area contributed by atoms with E-state index in [1.807, 2.05) is 0 Å². The minimum atomic E-state index is -0.932. The molecule has 3 nitrogen and oxygen atoms in total. The molecule has 90 valence electrons. The number of halogens is 3. The Bertz CT molecular complexity index is 566. The first-order chi connectivity index (χ1) is 8.04. The molecular formula is C11H10ClF2N3. The van der Waals surface area contributed by atoms with Crippen LogP contribution < -0.4 is 5.73 Å². The summed E-state index contributed by atoms with van der Waals surface area (Å²) >= 11 is 6.05. The molecule has 0 saturated heterocycles. The van der Waals surface area contributed by atoms with Crippen molar-refractivity contribution in [3.05, 3.63) is 40.8 Å². The van der Waals surface area contributed by atoms with Gasteiger partial charge in [-0.25, -0.2) is 13.8 Å². The quantitative estimate of drug-likeness (QED) is 0.898. The van der Waals surface area contributed by atoms with Crippen molar-refractivity contribution in [2.45, 2.75) is 6.54 Å². The van der Waals surface area contributed by atoms with Gasteiger partial charge in [0.15, 0.2) is 11.6 Å². The number of imidazole rings is 1. The fraction of sp³-hybridized carbons (Fsp3) is 0.182. The van der Waals surface area contributed by atoms with Gasteiger partial charge in [-0.3, -0.25) is 0 Å². The van der Waals surface area contributed by atoms with Gasteiger partial charge in [-0.05, 0) is 18.2 Å². The first kappa shape index (κ1) is 12.0. The summed E-state index contributed by atoms with van der Waals surface area (Å²) < 4.78 is 27.5. The molecule has 0 bridgehead atoms. The lowest BCUT2D eigenvalue weighted by Crippen LogP contribution is -2.04. The second-order valence-electron chi connectivity index (χ2n) is 3.56. The maximum atomic E-state index is 13.1. The van der Waals surface area contributed by atoms with Gasteiger partial charge in [0.05, 0.1) is 6.54 Å². The third kappa shape index (κ3) is 2.03. The minimum absolute atomic E-state index is 0.222. The van der Waals surface area contributed by atoms with Crippen molar-refractivity contribution in [1.29, 1.82) is 0 Å². The summed E-state index contributed by atoms with van der Waals surface area (Å²) in [7, 11) is 1.71. The predicted octanol–water partition coefficient (Wildman–Crippen LogP) is 2.48. The maximum Gasteiger partial charge on any atom is 0.159 e. The third-order valence-corrected chi connectivity index (χ3v) is 2.93. The lowest BCUT2D eigenvalue weighted by atomic mass is 10.1. The summed E-state index contributed by atoms with van der Waals surface area (Å²) in [5, 5.41) is 0.344. The van der Waals surface area contributed by atoms with E-state index in [0.29, 0.717) is 22.2 Å². The van der Waals surface area contributed by atoms with Crippen LogP contribution >= 0.6 is 11.6 Å². The molecular weight excluding hydrogens is 248 g/mol. The van der Waals surface area contributed by atoms with E-state index in [1.165, 1.54) is 6.07 Å². The van der Waals surface area contributed by atoms with Gasteiger partial charge in [0.25, 0.3) is 0 Å². The molecule has 0 aliphatic rings. The average Bonchev–Trinajstić information content (AvgIpc) is 2.60. The Morgan fingerprint density at radius 2 is 2.06 bits per heavy atom. The predicted molar refractivity (Wildman–Crippen MR) is 61.5 cm³/mol. The molecule has 2 rings (SSSR count). The molecule has 6 heteroatoms. The minimum Gasteiger partial charge on any atom is -0.324 e. The van der Waals surface area contributed by atoms with Crippen LogP contribution in [0, 0.1) is 11.6 Å². The molecule has 0 atom stereocenters. The molecule has 0 saturated carbocycles. The van der Waals surface area contributed by atoms with Gasteiger partial charge in [0.1, 0.15) is 16.7 Å². The average molecular weight is 258 g/mol. The Morgan fingerprint density at radius 3 is 2.59 bits per heavy atom. The Hall–Kier alpha value is -1.46. The number of benzene rings is 1. The molecule has 0 aliphatic carbocycles. The van der Waals surface area contributed by atoms with Crippen LogP contribution in [0.25, 0.3) is 11.3 Å². The van der Waals surface area contributed by atoms with Gasteiger partial charge in [-0.1, -0.05) is 11.6 Å².